The second-order valence-corrected chi connectivity index (χ2v) is 5.66. The zero-order valence-corrected chi connectivity index (χ0v) is 12.1. The van der Waals surface area contributed by atoms with Gasteiger partial charge in [-0.15, -0.1) is 10.2 Å². The van der Waals surface area contributed by atoms with Gasteiger partial charge in [0, 0.05) is 19.3 Å². The van der Waals surface area contributed by atoms with Gasteiger partial charge in [-0.3, -0.25) is 14.5 Å². The van der Waals surface area contributed by atoms with Crippen molar-refractivity contribution in [3.63, 3.8) is 0 Å². The molecule has 0 radical (unpaired) electrons. The number of pyridine rings is 1. The van der Waals surface area contributed by atoms with Crippen molar-refractivity contribution in [1.82, 2.24) is 19.5 Å². The van der Waals surface area contributed by atoms with Gasteiger partial charge in [-0.05, 0) is 24.5 Å². The van der Waals surface area contributed by atoms with Crippen LogP contribution in [0.15, 0.2) is 24.4 Å². The second kappa shape index (κ2) is 5.63. The minimum absolute atomic E-state index is 0.149. The van der Waals surface area contributed by atoms with Gasteiger partial charge in [0.15, 0.2) is 5.65 Å². The highest BCUT2D eigenvalue weighted by Gasteiger charge is 2.32. The van der Waals surface area contributed by atoms with E-state index < -0.39 is 11.9 Å². The highest BCUT2D eigenvalue weighted by molar-refractivity contribution is 5.88. The molecule has 2 N–H and O–H groups in total. The number of likely N-dealkylation sites (tertiary alicyclic amines) is 1. The standard InChI is InChI=1S/C14H17N5O3/c1-9-6-10(12(20)21)8-18(7-9)14(22)15-13-17-16-11-4-2-3-5-19(11)13/h2-5,9-10H,6-8H2,1H3,(H,20,21)(H,15,17,22). The molecule has 8 nitrogen and oxygen atoms in total. The molecule has 3 heterocycles. The van der Waals surface area contributed by atoms with Crippen molar-refractivity contribution in [1.29, 1.82) is 0 Å². The predicted octanol–water partition coefficient (Wildman–Crippen LogP) is 1.30. The van der Waals surface area contributed by atoms with E-state index >= 15 is 0 Å². The van der Waals surface area contributed by atoms with E-state index in [4.69, 9.17) is 5.11 Å². The number of anilines is 1. The van der Waals surface area contributed by atoms with E-state index in [1.807, 2.05) is 19.1 Å². The molecule has 2 unspecified atom stereocenters. The van der Waals surface area contributed by atoms with Crippen LogP contribution in [0.3, 0.4) is 0 Å². The number of piperidine rings is 1. The van der Waals surface area contributed by atoms with E-state index in [2.05, 4.69) is 15.5 Å². The van der Waals surface area contributed by atoms with Crippen molar-refractivity contribution in [2.75, 3.05) is 18.4 Å². The first kappa shape index (κ1) is 14.3. The van der Waals surface area contributed by atoms with Crippen LogP contribution in [0.2, 0.25) is 0 Å². The van der Waals surface area contributed by atoms with Gasteiger partial charge in [-0.2, -0.15) is 0 Å². The number of aromatic nitrogens is 3. The lowest BCUT2D eigenvalue weighted by molar-refractivity contribution is -0.143. The Morgan fingerprint density at radius 2 is 2.14 bits per heavy atom. The van der Waals surface area contributed by atoms with E-state index in [1.165, 1.54) is 4.90 Å². The monoisotopic (exact) mass is 303 g/mol. The third kappa shape index (κ3) is 2.72. The molecule has 22 heavy (non-hydrogen) atoms. The first-order chi connectivity index (χ1) is 10.5. The molecule has 0 aliphatic carbocycles. The van der Waals surface area contributed by atoms with Crippen LogP contribution in [0.25, 0.3) is 5.65 Å². The number of carbonyl (C=O) groups is 2. The summed E-state index contributed by atoms with van der Waals surface area (Å²) >= 11 is 0. The van der Waals surface area contributed by atoms with Crippen LogP contribution < -0.4 is 5.32 Å². The molecule has 1 fully saturated rings. The number of nitrogens with one attached hydrogen (secondary N) is 1. The Morgan fingerprint density at radius 3 is 2.91 bits per heavy atom. The molecule has 2 atom stereocenters. The molecule has 0 spiro atoms. The Bertz CT molecular complexity index is 713. The van der Waals surface area contributed by atoms with Crippen LogP contribution in [-0.2, 0) is 4.79 Å². The quantitative estimate of drug-likeness (QED) is 0.871. The lowest BCUT2D eigenvalue weighted by Gasteiger charge is -2.34. The number of carbonyl (C=O) groups excluding carboxylic acids is 1. The Balaban J connectivity index is 1.75. The molecule has 1 saturated heterocycles. The number of carboxylic acids is 1. The zero-order chi connectivity index (χ0) is 15.7. The Hall–Kier alpha value is -2.64. The summed E-state index contributed by atoms with van der Waals surface area (Å²) in [6.45, 7) is 2.69. The lowest BCUT2D eigenvalue weighted by Crippen LogP contribution is -2.47. The van der Waals surface area contributed by atoms with Gasteiger partial charge in [0.25, 0.3) is 0 Å². The number of carboxylic acid groups (broad SMARTS) is 1. The molecule has 1 aliphatic rings. The number of fused-ring (bicyclic) bond motifs is 1. The average Bonchev–Trinajstić information content (AvgIpc) is 2.90. The summed E-state index contributed by atoms with van der Waals surface area (Å²) in [6, 6.07) is 5.08. The molecule has 2 aromatic heterocycles. The van der Waals surface area contributed by atoms with Crippen LogP contribution in [0.1, 0.15) is 13.3 Å². The number of nitrogens with zero attached hydrogens (tertiary/aromatic N) is 4. The molecular formula is C14H17N5O3. The second-order valence-electron chi connectivity index (χ2n) is 5.66. The first-order valence-corrected chi connectivity index (χ1v) is 7.13. The normalized spacial score (nSPS) is 21.8. The zero-order valence-electron chi connectivity index (χ0n) is 12.1. The fraction of sp³-hybridized carbons (Fsp3) is 0.429. The number of rotatable bonds is 2. The van der Waals surface area contributed by atoms with Crippen LogP contribution in [0, 0.1) is 11.8 Å². The van der Waals surface area contributed by atoms with Gasteiger partial charge in [0.1, 0.15) is 0 Å². The summed E-state index contributed by atoms with van der Waals surface area (Å²) in [5.41, 5.74) is 0.633. The number of aliphatic carboxylic acids is 1. The third-order valence-electron chi connectivity index (χ3n) is 3.83. The van der Waals surface area contributed by atoms with Crippen molar-refractivity contribution in [2.45, 2.75) is 13.3 Å². The maximum atomic E-state index is 12.4. The number of urea groups is 1. The van der Waals surface area contributed by atoms with Gasteiger partial charge in [0.2, 0.25) is 5.95 Å². The first-order valence-electron chi connectivity index (χ1n) is 7.13. The van der Waals surface area contributed by atoms with Gasteiger partial charge in [-0.25, -0.2) is 4.79 Å². The molecule has 0 aromatic carbocycles. The van der Waals surface area contributed by atoms with E-state index in [0.717, 1.165) is 0 Å². The topological polar surface area (TPSA) is 99.8 Å². The van der Waals surface area contributed by atoms with Crippen LogP contribution in [0.5, 0.6) is 0 Å². The summed E-state index contributed by atoms with van der Waals surface area (Å²) in [5, 5.41) is 19.8. The maximum absolute atomic E-state index is 12.4. The molecule has 0 bridgehead atoms. The molecule has 8 heteroatoms. The largest absolute Gasteiger partial charge is 0.481 e. The van der Waals surface area contributed by atoms with Crippen LogP contribution in [0.4, 0.5) is 10.7 Å². The summed E-state index contributed by atoms with van der Waals surface area (Å²) in [5.74, 6) is -0.914. The number of hydrogen-bond donors (Lipinski definition) is 2. The Kier molecular flexibility index (Phi) is 3.66. The minimum Gasteiger partial charge on any atom is -0.481 e. The fourth-order valence-electron chi connectivity index (χ4n) is 2.80. The van der Waals surface area contributed by atoms with Crippen molar-refractivity contribution in [2.24, 2.45) is 11.8 Å². The van der Waals surface area contributed by atoms with Crippen LogP contribution >= 0.6 is 0 Å². The van der Waals surface area contributed by atoms with Crippen molar-refractivity contribution >= 4 is 23.6 Å². The SMILES string of the molecule is CC1CC(C(=O)O)CN(C(=O)Nc2nnc3ccccn23)C1. The molecule has 116 valence electrons. The van der Waals surface area contributed by atoms with E-state index in [1.54, 1.807) is 16.7 Å². The molecule has 3 rings (SSSR count). The highest BCUT2D eigenvalue weighted by Crippen LogP contribution is 2.22. The van der Waals surface area contributed by atoms with Crippen LogP contribution in [-0.4, -0.2) is 49.7 Å². The van der Waals surface area contributed by atoms with Crippen molar-refractivity contribution < 1.29 is 14.7 Å². The predicted molar refractivity (Wildman–Crippen MR) is 78.5 cm³/mol. The van der Waals surface area contributed by atoms with Gasteiger partial charge in [0.05, 0.1) is 5.92 Å². The highest BCUT2D eigenvalue weighted by atomic mass is 16.4. The summed E-state index contributed by atoms with van der Waals surface area (Å²) < 4.78 is 1.67. The third-order valence-corrected chi connectivity index (χ3v) is 3.83. The Morgan fingerprint density at radius 1 is 1.32 bits per heavy atom. The fourth-order valence-corrected chi connectivity index (χ4v) is 2.80. The van der Waals surface area contributed by atoms with Gasteiger partial charge < -0.3 is 10.0 Å². The minimum atomic E-state index is -0.864. The lowest BCUT2D eigenvalue weighted by atomic mass is 9.91. The summed E-state index contributed by atoms with van der Waals surface area (Å²) in [4.78, 5) is 25.1. The molecule has 0 saturated carbocycles. The average molecular weight is 303 g/mol. The summed E-state index contributed by atoms with van der Waals surface area (Å²) in [6.07, 6.45) is 2.34. The smallest absolute Gasteiger partial charge is 0.324 e. The van der Waals surface area contributed by atoms with Gasteiger partial charge >= 0.3 is 12.0 Å². The Labute approximate surface area is 126 Å². The van der Waals surface area contributed by atoms with E-state index in [0.29, 0.717) is 24.6 Å². The molecule has 2 amide bonds. The van der Waals surface area contributed by atoms with E-state index in [9.17, 15) is 9.59 Å². The molecule has 1 aliphatic heterocycles. The number of amides is 2. The number of hydrogen-bond acceptors (Lipinski definition) is 4. The van der Waals surface area contributed by atoms with Crippen molar-refractivity contribution in [3.8, 4) is 0 Å². The maximum Gasteiger partial charge on any atom is 0.324 e. The van der Waals surface area contributed by atoms with Gasteiger partial charge in [-0.1, -0.05) is 13.0 Å². The van der Waals surface area contributed by atoms with E-state index in [-0.39, 0.29) is 18.5 Å². The van der Waals surface area contributed by atoms with Crippen molar-refractivity contribution in [3.05, 3.63) is 24.4 Å². The molecule has 2 aromatic rings. The summed E-state index contributed by atoms with van der Waals surface area (Å²) in [7, 11) is 0. The molecular weight excluding hydrogens is 286 g/mol.